The van der Waals surface area contributed by atoms with Gasteiger partial charge in [0, 0.05) is 6.92 Å². The maximum absolute atomic E-state index is 11.6. The average Bonchev–Trinajstić information content (AvgIpc) is 2.44. The van der Waals surface area contributed by atoms with Crippen LogP contribution in [-0.4, -0.2) is 38.7 Å². The Morgan fingerprint density at radius 2 is 1.76 bits per heavy atom. The molecule has 116 valence electrons. The molecule has 1 rings (SSSR count). The highest BCUT2D eigenvalue weighted by molar-refractivity contribution is 9.11. The smallest absolute Gasteiger partial charge is 0.331 e. The quantitative estimate of drug-likeness (QED) is 0.709. The van der Waals surface area contributed by atoms with Crippen LogP contribution in [0.25, 0.3) is 0 Å². The lowest BCUT2D eigenvalue weighted by Crippen LogP contribution is -2.44. The van der Waals surface area contributed by atoms with Crippen molar-refractivity contribution < 1.29 is 23.8 Å². The molecular weight excluding hydrogens is 410 g/mol. The van der Waals surface area contributed by atoms with Gasteiger partial charge in [0.1, 0.15) is 18.1 Å². The zero-order chi connectivity index (χ0) is 16.0. The van der Waals surface area contributed by atoms with Crippen molar-refractivity contribution in [3.63, 3.8) is 0 Å². The van der Waals surface area contributed by atoms with E-state index in [1.165, 1.54) is 14.0 Å². The number of hydrogen-bond donors (Lipinski definition) is 1. The maximum atomic E-state index is 11.6. The summed E-state index contributed by atoms with van der Waals surface area (Å²) in [7, 11) is 2.80. The summed E-state index contributed by atoms with van der Waals surface area (Å²) >= 11 is 6.69. The maximum Gasteiger partial charge on any atom is 0.331 e. The summed E-state index contributed by atoms with van der Waals surface area (Å²) in [4.78, 5) is 22.6. The van der Waals surface area contributed by atoms with E-state index in [4.69, 9.17) is 9.47 Å². The molecule has 21 heavy (non-hydrogen) atoms. The van der Waals surface area contributed by atoms with Gasteiger partial charge < -0.3 is 19.5 Å². The minimum absolute atomic E-state index is 0.0520. The van der Waals surface area contributed by atoms with Crippen molar-refractivity contribution in [1.29, 1.82) is 0 Å². The standard InChI is InChI=1S/C13H15Br2NO5/c1-7(17)16-10(13(18)20-3)6-21-12-5-8(14)11(19-2)4-9(12)15/h4-5,10H,6H2,1-3H3,(H,16,17). The van der Waals surface area contributed by atoms with Crippen LogP contribution in [0.4, 0.5) is 0 Å². The van der Waals surface area contributed by atoms with E-state index in [9.17, 15) is 9.59 Å². The number of hydrogen-bond acceptors (Lipinski definition) is 5. The van der Waals surface area contributed by atoms with Gasteiger partial charge in [-0.3, -0.25) is 4.79 Å². The Balaban J connectivity index is 2.82. The predicted molar refractivity (Wildman–Crippen MR) is 83.5 cm³/mol. The Labute approximate surface area is 139 Å². The van der Waals surface area contributed by atoms with E-state index in [0.29, 0.717) is 20.4 Å². The molecule has 0 fully saturated rings. The van der Waals surface area contributed by atoms with Gasteiger partial charge in [0.2, 0.25) is 5.91 Å². The monoisotopic (exact) mass is 423 g/mol. The third-order valence-corrected chi connectivity index (χ3v) is 3.71. The van der Waals surface area contributed by atoms with Gasteiger partial charge in [0.25, 0.3) is 0 Å². The molecule has 1 aromatic carbocycles. The Hall–Kier alpha value is -1.28. The molecule has 0 saturated heterocycles. The zero-order valence-corrected chi connectivity index (χ0v) is 14.9. The van der Waals surface area contributed by atoms with E-state index < -0.39 is 12.0 Å². The number of carbonyl (C=O) groups is 2. The summed E-state index contributed by atoms with van der Waals surface area (Å²) in [5.41, 5.74) is 0. The molecule has 0 aromatic heterocycles. The fraction of sp³-hybridized carbons (Fsp3) is 0.385. The van der Waals surface area contributed by atoms with E-state index >= 15 is 0 Å². The molecule has 8 heteroatoms. The van der Waals surface area contributed by atoms with Gasteiger partial charge in [0.05, 0.1) is 23.2 Å². The van der Waals surface area contributed by atoms with Crippen molar-refractivity contribution in [2.75, 3.05) is 20.8 Å². The van der Waals surface area contributed by atoms with Crippen LogP contribution in [0.2, 0.25) is 0 Å². The van der Waals surface area contributed by atoms with E-state index in [1.54, 1.807) is 19.2 Å². The number of methoxy groups -OCH3 is 2. The van der Waals surface area contributed by atoms with Crippen LogP contribution in [0.15, 0.2) is 21.1 Å². The van der Waals surface area contributed by atoms with Crippen molar-refractivity contribution in [2.24, 2.45) is 0 Å². The Morgan fingerprint density at radius 3 is 2.29 bits per heavy atom. The SMILES string of the molecule is COC(=O)C(COc1cc(Br)c(OC)cc1Br)NC(C)=O. The number of ether oxygens (including phenoxy) is 3. The van der Waals surface area contributed by atoms with Crippen molar-refractivity contribution >= 4 is 43.7 Å². The Morgan fingerprint density at radius 1 is 1.19 bits per heavy atom. The summed E-state index contributed by atoms with van der Waals surface area (Å²) in [6.07, 6.45) is 0. The fourth-order valence-corrected chi connectivity index (χ4v) is 2.43. The van der Waals surface area contributed by atoms with Gasteiger partial charge in [-0.05, 0) is 44.0 Å². The molecular formula is C13H15Br2NO5. The number of benzene rings is 1. The number of carbonyl (C=O) groups excluding carboxylic acids is 2. The van der Waals surface area contributed by atoms with Gasteiger partial charge in [-0.1, -0.05) is 0 Å². The van der Waals surface area contributed by atoms with Crippen LogP contribution in [0.5, 0.6) is 11.5 Å². The zero-order valence-electron chi connectivity index (χ0n) is 11.7. The van der Waals surface area contributed by atoms with E-state index in [1.807, 2.05) is 0 Å². The molecule has 1 atom stereocenters. The van der Waals surface area contributed by atoms with Crippen LogP contribution in [-0.2, 0) is 14.3 Å². The van der Waals surface area contributed by atoms with E-state index in [2.05, 4.69) is 41.9 Å². The van der Waals surface area contributed by atoms with Crippen molar-refractivity contribution in [3.05, 3.63) is 21.1 Å². The second-order valence-corrected chi connectivity index (χ2v) is 5.71. The molecule has 1 aromatic rings. The Kier molecular flexibility index (Phi) is 6.97. The third-order valence-electron chi connectivity index (χ3n) is 2.48. The van der Waals surface area contributed by atoms with Gasteiger partial charge in [-0.25, -0.2) is 4.79 Å². The summed E-state index contributed by atoms with van der Waals surface area (Å²) in [6, 6.07) is 2.55. The highest BCUT2D eigenvalue weighted by atomic mass is 79.9. The van der Waals surface area contributed by atoms with Crippen LogP contribution in [0.1, 0.15) is 6.92 Å². The molecule has 0 aliphatic rings. The number of halogens is 2. The molecule has 6 nitrogen and oxygen atoms in total. The molecule has 0 aliphatic carbocycles. The highest BCUT2D eigenvalue weighted by Gasteiger charge is 2.21. The van der Waals surface area contributed by atoms with Crippen LogP contribution >= 0.6 is 31.9 Å². The molecule has 0 saturated carbocycles. The number of esters is 1. The van der Waals surface area contributed by atoms with E-state index in [0.717, 1.165) is 0 Å². The number of amides is 1. The molecule has 0 heterocycles. The lowest BCUT2D eigenvalue weighted by atomic mass is 10.3. The Bertz CT molecular complexity index is 536. The molecule has 0 aliphatic heterocycles. The van der Waals surface area contributed by atoms with Crippen LogP contribution < -0.4 is 14.8 Å². The minimum atomic E-state index is -0.875. The summed E-state index contributed by atoms with van der Waals surface area (Å²) < 4.78 is 16.7. The molecule has 0 bridgehead atoms. The normalized spacial score (nSPS) is 11.5. The number of nitrogens with one attached hydrogen (secondary N) is 1. The first-order valence-corrected chi connectivity index (χ1v) is 7.48. The van der Waals surface area contributed by atoms with Crippen molar-refractivity contribution in [3.8, 4) is 11.5 Å². The predicted octanol–water partition coefficient (Wildman–Crippen LogP) is 2.28. The summed E-state index contributed by atoms with van der Waals surface area (Å²) in [5, 5.41) is 2.47. The van der Waals surface area contributed by atoms with Gasteiger partial charge in [0.15, 0.2) is 6.04 Å². The summed E-state index contributed by atoms with van der Waals surface area (Å²) in [5.74, 6) is 0.223. The molecule has 0 spiro atoms. The molecule has 1 unspecified atom stereocenters. The van der Waals surface area contributed by atoms with Crippen LogP contribution in [0.3, 0.4) is 0 Å². The first-order chi connectivity index (χ1) is 9.88. The van der Waals surface area contributed by atoms with Gasteiger partial charge >= 0.3 is 5.97 Å². The highest BCUT2D eigenvalue weighted by Crippen LogP contribution is 2.36. The van der Waals surface area contributed by atoms with Gasteiger partial charge in [-0.15, -0.1) is 0 Å². The number of rotatable bonds is 6. The first kappa shape index (κ1) is 17.8. The molecule has 0 radical (unpaired) electrons. The first-order valence-electron chi connectivity index (χ1n) is 5.89. The molecule has 1 N–H and O–H groups in total. The second-order valence-electron chi connectivity index (χ2n) is 4.00. The average molecular weight is 425 g/mol. The van der Waals surface area contributed by atoms with Crippen molar-refractivity contribution in [1.82, 2.24) is 5.32 Å². The fourth-order valence-electron chi connectivity index (χ4n) is 1.51. The van der Waals surface area contributed by atoms with Crippen molar-refractivity contribution in [2.45, 2.75) is 13.0 Å². The van der Waals surface area contributed by atoms with Gasteiger partial charge in [-0.2, -0.15) is 0 Å². The lowest BCUT2D eigenvalue weighted by molar-refractivity contribution is -0.145. The third kappa shape index (κ3) is 5.20. The topological polar surface area (TPSA) is 73.9 Å². The summed E-state index contributed by atoms with van der Waals surface area (Å²) in [6.45, 7) is 1.26. The van der Waals surface area contributed by atoms with E-state index in [-0.39, 0.29) is 12.5 Å². The minimum Gasteiger partial charge on any atom is -0.496 e. The second kappa shape index (κ2) is 8.23. The lowest BCUT2D eigenvalue weighted by Gasteiger charge is -2.17. The molecule has 1 amide bonds. The van der Waals surface area contributed by atoms with Crippen LogP contribution in [0, 0.1) is 0 Å². The largest absolute Gasteiger partial charge is 0.496 e.